The summed E-state index contributed by atoms with van der Waals surface area (Å²) in [5.41, 5.74) is 1.04. The van der Waals surface area contributed by atoms with Gasteiger partial charge in [0.2, 0.25) is 11.8 Å². The van der Waals surface area contributed by atoms with E-state index in [1.165, 1.54) is 4.90 Å². The van der Waals surface area contributed by atoms with Gasteiger partial charge >= 0.3 is 0 Å². The molecule has 1 aliphatic rings. The summed E-state index contributed by atoms with van der Waals surface area (Å²) in [6.07, 6.45) is 2.51. The Kier molecular flexibility index (Phi) is 5.92. The molecule has 4 nitrogen and oxygen atoms in total. The lowest BCUT2D eigenvalue weighted by Gasteiger charge is -2.39. The van der Waals surface area contributed by atoms with Gasteiger partial charge in [0.25, 0.3) is 0 Å². The maximum absolute atomic E-state index is 12.4. The maximum atomic E-state index is 12.4. The van der Waals surface area contributed by atoms with Crippen LogP contribution in [0.1, 0.15) is 24.8 Å². The molecule has 2 amide bonds. The molecule has 0 bridgehead atoms. The zero-order valence-electron chi connectivity index (χ0n) is 13.0. The Hall–Kier alpha value is -1.91. The molecule has 0 saturated carbocycles. The minimum atomic E-state index is -0.445. The predicted molar refractivity (Wildman–Crippen MR) is 83.1 cm³/mol. The van der Waals surface area contributed by atoms with Crippen molar-refractivity contribution in [2.45, 2.75) is 31.7 Å². The lowest BCUT2D eigenvalue weighted by molar-refractivity contribution is -0.154. The molecule has 1 aromatic rings. The number of benzene rings is 1. The van der Waals surface area contributed by atoms with Gasteiger partial charge in [0.15, 0.2) is 0 Å². The summed E-state index contributed by atoms with van der Waals surface area (Å²) in [6.45, 7) is 0.326. The van der Waals surface area contributed by atoms with Crippen LogP contribution in [-0.4, -0.2) is 54.5 Å². The first kappa shape index (κ1) is 16.5. The monoisotopic (exact) mass is 306 g/mol. The molecule has 0 aromatic heterocycles. The van der Waals surface area contributed by atoms with Crippen LogP contribution < -0.4 is 0 Å². The van der Waals surface area contributed by atoms with Crippen LogP contribution in [0.15, 0.2) is 30.3 Å². The van der Waals surface area contributed by atoms with Gasteiger partial charge in [0, 0.05) is 20.0 Å². The third-order valence-corrected chi connectivity index (χ3v) is 4.03. The fourth-order valence-corrected chi connectivity index (χ4v) is 2.80. The summed E-state index contributed by atoms with van der Waals surface area (Å²) in [5.74, 6) is -0.0442. The van der Waals surface area contributed by atoms with Crippen molar-refractivity contribution in [2.24, 2.45) is 0 Å². The van der Waals surface area contributed by atoms with Crippen LogP contribution in [-0.2, 0) is 16.0 Å². The highest BCUT2D eigenvalue weighted by Gasteiger charge is 2.37. The molecule has 1 fully saturated rings. The normalized spacial score (nSPS) is 18.9. The van der Waals surface area contributed by atoms with Gasteiger partial charge in [-0.3, -0.25) is 14.0 Å². The molecule has 1 heterocycles. The molecule has 1 atom stereocenters. The minimum Gasteiger partial charge on any atom is -0.335 e. The standard InChI is InChI=1S/C17H23FN2O2/c1-19-13-16(21)20(11-7-3-6-10-18)15(17(19)22)12-14-8-4-2-5-9-14/h2,4-5,8-9,15H,3,6-7,10-13H2,1H3/t15-/m0/s1. The molecule has 1 saturated heterocycles. The highest BCUT2D eigenvalue weighted by molar-refractivity contribution is 5.94. The Morgan fingerprint density at radius 1 is 1.14 bits per heavy atom. The first-order valence-electron chi connectivity index (χ1n) is 7.78. The van der Waals surface area contributed by atoms with Crippen LogP contribution in [0.2, 0.25) is 0 Å². The number of carbonyl (C=O) groups excluding carboxylic acids is 2. The third kappa shape index (κ3) is 4.06. The van der Waals surface area contributed by atoms with Crippen molar-refractivity contribution < 1.29 is 14.0 Å². The van der Waals surface area contributed by atoms with Gasteiger partial charge in [-0.2, -0.15) is 0 Å². The number of likely N-dealkylation sites (N-methyl/N-ethyl adjacent to an activating group) is 1. The fourth-order valence-electron chi connectivity index (χ4n) is 2.80. The smallest absolute Gasteiger partial charge is 0.245 e. The summed E-state index contributed by atoms with van der Waals surface area (Å²) in [6, 6.07) is 9.28. The first-order valence-corrected chi connectivity index (χ1v) is 7.78. The van der Waals surface area contributed by atoms with Crippen molar-refractivity contribution in [3.63, 3.8) is 0 Å². The zero-order chi connectivity index (χ0) is 15.9. The number of hydrogen-bond acceptors (Lipinski definition) is 2. The maximum Gasteiger partial charge on any atom is 0.245 e. The second-order valence-corrected chi connectivity index (χ2v) is 5.74. The number of carbonyl (C=O) groups is 2. The molecule has 0 N–H and O–H groups in total. The van der Waals surface area contributed by atoms with Crippen LogP contribution in [0.5, 0.6) is 0 Å². The van der Waals surface area contributed by atoms with Gasteiger partial charge in [0.05, 0.1) is 13.2 Å². The van der Waals surface area contributed by atoms with Crippen molar-refractivity contribution in [3.05, 3.63) is 35.9 Å². The molecule has 0 aliphatic carbocycles. The van der Waals surface area contributed by atoms with E-state index in [9.17, 15) is 14.0 Å². The molecule has 1 aliphatic heterocycles. The van der Waals surface area contributed by atoms with Crippen molar-refractivity contribution in [2.75, 3.05) is 26.8 Å². The summed E-state index contributed by atoms with van der Waals surface area (Å²) in [7, 11) is 1.67. The number of rotatable bonds is 7. The van der Waals surface area contributed by atoms with Gasteiger partial charge in [0.1, 0.15) is 6.04 Å². The van der Waals surface area contributed by atoms with Crippen molar-refractivity contribution in [3.8, 4) is 0 Å². The second-order valence-electron chi connectivity index (χ2n) is 5.74. The molecule has 1 aromatic carbocycles. The molecular weight excluding hydrogens is 283 g/mol. The van der Waals surface area contributed by atoms with Crippen LogP contribution in [0.4, 0.5) is 4.39 Å². The third-order valence-electron chi connectivity index (χ3n) is 4.03. The molecule has 0 radical (unpaired) electrons. The molecular formula is C17H23FN2O2. The molecule has 5 heteroatoms. The second kappa shape index (κ2) is 7.92. The highest BCUT2D eigenvalue weighted by atomic mass is 19.1. The Morgan fingerprint density at radius 2 is 1.86 bits per heavy atom. The summed E-state index contributed by atoms with van der Waals surface area (Å²) < 4.78 is 12.2. The summed E-state index contributed by atoms with van der Waals surface area (Å²) in [5, 5.41) is 0. The number of hydrogen-bond donors (Lipinski definition) is 0. The number of halogens is 1. The van der Waals surface area contributed by atoms with Gasteiger partial charge < -0.3 is 9.80 Å². The largest absolute Gasteiger partial charge is 0.335 e. The predicted octanol–water partition coefficient (Wildman–Crippen LogP) is 2.04. The molecule has 0 unspecified atom stereocenters. The Bertz CT molecular complexity index is 507. The number of unbranched alkanes of at least 4 members (excludes halogenated alkanes) is 2. The Labute approximate surface area is 130 Å². The van der Waals surface area contributed by atoms with Gasteiger partial charge in [-0.15, -0.1) is 0 Å². The van der Waals surface area contributed by atoms with Crippen LogP contribution >= 0.6 is 0 Å². The van der Waals surface area contributed by atoms with E-state index in [0.717, 1.165) is 18.4 Å². The van der Waals surface area contributed by atoms with Crippen molar-refractivity contribution in [1.82, 2.24) is 9.80 Å². The first-order chi connectivity index (χ1) is 10.6. The SMILES string of the molecule is CN1CC(=O)N(CCCCCF)[C@@H](Cc2ccccc2)C1=O. The fraction of sp³-hybridized carbons (Fsp3) is 0.529. The lowest BCUT2D eigenvalue weighted by Crippen LogP contribution is -2.59. The Morgan fingerprint density at radius 3 is 2.55 bits per heavy atom. The van der Waals surface area contributed by atoms with E-state index in [1.807, 2.05) is 30.3 Å². The Balaban J connectivity index is 2.07. The van der Waals surface area contributed by atoms with E-state index >= 15 is 0 Å². The van der Waals surface area contributed by atoms with E-state index in [4.69, 9.17) is 0 Å². The van der Waals surface area contributed by atoms with Crippen LogP contribution in [0, 0.1) is 0 Å². The van der Waals surface area contributed by atoms with Crippen LogP contribution in [0.3, 0.4) is 0 Å². The molecule has 22 heavy (non-hydrogen) atoms. The number of amides is 2. The van der Waals surface area contributed by atoms with E-state index in [2.05, 4.69) is 0 Å². The highest BCUT2D eigenvalue weighted by Crippen LogP contribution is 2.17. The van der Waals surface area contributed by atoms with Crippen molar-refractivity contribution >= 4 is 11.8 Å². The number of piperazine rings is 1. The van der Waals surface area contributed by atoms with E-state index in [-0.39, 0.29) is 25.0 Å². The average Bonchev–Trinajstić information content (AvgIpc) is 2.52. The van der Waals surface area contributed by atoms with E-state index in [0.29, 0.717) is 19.4 Å². The van der Waals surface area contributed by atoms with E-state index in [1.54, 1.807) is 11.9 Å². The van der Waals surface area contributed by atoms with Gasteiger partial charge in [-0.1, -0.05) is 30.3 Å². The summed E-state index contributed by atoms with van der Waals surface area (Å²) >= 11 is 0. The molecule has 0 spiro atoms. The van der Waals surface area contributed by atoms with Crippen LogP contribution in [0.25, 0.3) is 0 Å². The average molecular weight is 306 g/mol. The molecule has 120 valence electrons. The van der Waals surface area contributed by atoms with Crippen molar-refractivity contribution in [1.29, 1.82) is 0 Å². The lowest BCUT2D eigenvalue weighted by atomic mass is 10.0. The van der Waals surface area contributed by atoms with E-state index < -0.39 is 6.04 Å². The summed E-state index contributed by atoms with van der Waals surface area (Å²) in [4.78, 5) is 27.9. The topological polar surface area (TPSA) is 40.6 Å². The molecule has 2 rings (SSSR count). The quantitative estimate of drug-likeness (QED) is 0.723. The zero-order valence-corrected chi connectivity index (χ0v) is 13.0. The number of nitrogens with zero attached hydrogens (tertiary/aromatic N) is 2. The number of alkyl halides is 1. The minimum absolute atomic E-state index is 0.0195. The van der Waals surface area contributed by atoms with Gasteiger partial charge in [-0.05, 0) is 24.8 Å². The van der Waals surface area contributed by atoms with Gasteiger partial charge in [-0.25, -0.2) is 0 Å².